The Morgan fingerprint density at radius 2 is 1.83 bits per heavy atom. The molecule has 29 heavy (non-hydrogen) atoms. The Balaban J connectivity index is 1.93. The molecule has 0 aliphatic heterocycles. The Labute approximate surface area is 170 Å². The molecule has 3 N–H and O–H groups in total. The molecule has 0 radical (unpaired) electrons. The molecule has 2 amide bonds. The van der Waals surface area contributed by atoms with Gasteiger partial charge in [0, 0.05) is 32.0 Å². The standard InChI is InChI=1S/C19H26N4O5S/c1-19(2,3)28-18(25)20-10-11-21-29(26,27)15-8-5-7-14(13-15)22-17(24)16-9-6-12-23(16)4/h5-9,12-13,21H,10-11H2,1-4H3,(H,20,25)(H,22,24). The number of rotatable bonds is 7. The summed E-state index contributed by atoms with van der Waals surface area (Å²) in [6, 6.07) is 9.32. The summed E-state index contributed by atoms with van der Waals surface area (Å²) in [5.41, 5.74) is 0.170. The fraction of sp³-hybridized carbons (Fsp3) is 0.368. The van der Waals surface area contributed by atoms with Crippen molar-refractivity contribution in [1.29, 1.82) is 0 Å². The van der Waals surface area contributed by atoms with Gasteiger partial charge in [-0.3, -0.25) is 4.79 Å². The molecule has 9 nitrogen and oxygen atoms in total. The molecule has 2 rings (SSSR count). The lowest BCUT2D eigenvalue weighted by molar-refractivity contribution is 0.0528. The van der Waals surface area contributed by atoms with Crippen LogP contribution < -0.4 is 15.4 Å². The number of benzene rings is 1. The number of aromatic nitrogens is 1. The maximum Gasteiger partial charge on any atom is 0.407 e. The van der Waals surface area contributed by atoms with Crippen molar-refractivity contribution in [3.05, 3.63) is 48.3 Å². The zero-order valence-electron chi connectivity index (χ0n) is 16.9. The topological polar surface area (TPSA) is 119 Å². The highest BCUT2D eigenvalue weighted by molar-refractivity contribution is 7.89. The van der Waals surface area contributed by atoms with E-state index in [-0.39, 0.29) is 23.9 Å². The number of anilines is 1. The van der Waals surface area contributed by atoms with Crippen molar-refractivity contribution in [2.75, 3.05) is 18.4 Å². The van der Waals surface area contributed by atoms with Crippen LogP contribution in [0.1, 0.15) is 31.3 Å². The zero-order chi connectivity index (χ0) is 21.7. The minimum atomic E-state index is -3.81. The third kappa shape index (κ3) is 6.91. The molecule has 1 aromatic carbocycles. The number of amides is 2. The van der Waals surface area contributed by atoms with Crippen LogP contribution in [0.5, 0.6) is 0 Å². The van der Waals surface area contributed by atoms with Gasteiger partial charge in [0.15, 0.2) is 0 Å². The van der Waals surface area contributed by atoms with E-state index in [9.17, 15) is 18.0 Å². The lowest BCUT2D eigenvalue weighted by Gasteiger charge is -2.19. The smallest absolute Gasteiger partial charge is 0.407 e. The Morgan fingerprint density at radius 1 is 1.10 bits per heavy atom. The van der Waals surface area contributed by atoms with Crippen molar-refractivity contribution >= 4 is 27.7 Å². The summed E-state index contributed by atoms with van der Waals surface area (Å²) in [6.45, 7) is 5.26. The number of carbonyl (C=O) groups is 2. The number of carbonyl (C=O) groups excluding carboxylic acids is 2. The number of sulfonamides is 1. The monoisotopic (exact) mass is 422 g/mol. The van der Waals surface area contributed by atoms with E-state index in [4.69, 9.17) is 4.74 Å². The molecule has 0 fully saturated rings. The van der Waals surface area contributed by atoms with Gasteiger partial charge in [-0.25, -0.2) is 17.9 Å². The van der Waals surface area contributed by atoms with Crippen LogP contribution in [0, 0.1) is 0 Å². The Kier molecular flexibility index (Phi) is 7.04. The number of hydrogen-bond donors (Lipinski definition) is 3. The Bertz CT molecular complexity index is 976. The van der Waals surface area contributed by atoms with Crippen molar-refractivity contribution in [2.24, 2.45) is 7.05 Å². The first kappa shape index (κ1) is 22.4. The van der Waals surface area contributed by atoms with Crippen LogP contribution >= 0.6 is 0 Å². The summed E-state index contributed by atoms with van der Waals surface area (Å²) in [5.74, 6) is -0.346. The largest absolute Gasteiger partial charge is 0.444 e. The maximum atomic E-state index is 12.5. The van der Waals surface area contributed by atoms with Crippen LogP contribution in [-0.4, -0.2) is 43.7 Å². The van der Waals surface area contributed by atoms with Crippen molar-refractivity contribution in [1.82, 2.24) is 14.6 Å². The third-order valence-electron chi connectivity index (χ3n) is 3.66. The first-order valence-corrected chi connectivity index (χ1v) is 10.5. The van der Waals surface area contributed by atoms with Gasteiger partial charge in [0.2, 0.25) is 10.0 Å². The fourth-order valence-electron chi connectivity index (χ4n) is 2.38. The minimum Gasteiger partial charge on any atom is -0.444 e. The SMILES string of the molecule is Cn1cccc1C(=O)Nc1cccc(S(=O)(=O)NCCNC(=O)OC(C)(C)C)c1. The highest BCUT2D eigenvalue weighted by atomic mass is 32.2. The predicted octanol–water partition coefficient (Wildman–Crippen LogP) is 2.08. The summed E-state index contributed by atoms with van der Waals surface area (Å²) in [5, 5.41) is 5.15. The van der Waals surface area contributed by atoms with E-state index in [1.807, 2.05) is 0 Å². The average molecular weight is 423 g/mol. The second kappa shape index (κ2) is 9.10. The molecular formula is C19H26N4O5S. The van der Waals surface area contributed by atoms with Crippen molar-refractivity contribution in [3.63, 3.8) is 0 Å². The van der Waals surface area contributed by atoms with Gasteiger partial charge in [-0.15, -0.1) is 0 Å². The number of alkyl carbamates (subject to hydrolysis) is 1. The van der Waals surface area contributed by atoms with E-state index in [0.717, 1.165) is 0 Å². The van der Waals surface area contributed by atoms with Crippen LogP contribution in [-0.2, 0) is 21.8 Å². The number of aryl methyl sites for hydroxylation is 1. The lowest BCUT2D eigenvalue weighted by atomic mass is 10.2. The molecule has 0 saturated heterocycles. The van der Waals surface area contributed by atoms with Crippen molar-refractivity contribution < 1.29 is 22.7 Å². The van der Waals surface area contributed by atoms with Crippen molar-refractivity contribution in [3.8, 4) is 0 Å². The molecule has 0 aliphatic rings. The Hall–Kier alpha value is -2.85. The lowest BCUT2D eigenvalue weighted by Crippen LogP contribution is -2.37. The summed E-state index contributed by atoms with van der Waals surface area (Å²) < 4.78 is 34.0. The van der Waals surface area contributed by atoms with Gasteiger partial charge in [0.1, 0.15) is 11.3 Å². The number of hydrogen-bond acceptors (Lipinski definition) is 5. The van der Waals surface area contributed by atoms with Gasteiger partial charge in [0.25, 0.3) is 5.91 Å². The first-order valence-electron chi connectivity index (χ1n) is 8.97. The van der Waals surface area contributed by atoms with Gasteiger partial charge in [-0.05, 0) is 51.1 Å². The Morgan fingerprint density at radius 3 is 2.45 bits per heavy atom. The van der Waals surface area contributed by atoms with Crippen LogP contribution in [0.2, 0.25) is 0 Å². The summed E-state index contributed by atoms with van der Waals surface area (Å²) in [6.07, 6.45) is 1.12. The quantitative estimate of drug-likeness (QED) is 0.591. The highest BCUT2D eigenvalue weighted by Gasteiger charge is 2.17. The maximum absolute atomic E-state index is 12.5. The second-order valence-electron chi connectivity index (χ2n) is 7.31. The van der Waals surface area contributed by atoms with E-state index >= 15 is 0 Å². The van der Waals surface area contributed by atoms with Crippen LogP contribution in [0.15, 0.2) is 47.5 Å². The normalized spacial score (nSPS) is 11.7. The van der Waals surface area contributed by atoms with E-state index < -0.39 is 21.7 Å². The van der Waals surface area contributed by atoms with Crippen molar-refractivity contribution in [2.45, 2.75) is 31.3 Å². The molecule has 1 aromatic heterocycles. The van der Waals surface area contributed by atoms with Crippen LogP contribution in [0.25, 0.3) is 0 Å². The molecule has 10 heteroatoms. The van der Waals surface area contributed by atoms with Gasteiger partial charge >= 0.3 is 6.09 Å². The molecule has 0 bridgehead atoms. The van der Waals surface area contributed by atoms with Gasteiger partial charge < -0.3 is 19.9 Å². The number of nitrogens with zero attached hydrogens (tertiary/aromatic N) is 1. The van der Waals surface area contributed by atoms with Gasteiger partial charge in [-0.1, -0.05) is 6.07 Å². The molecular weight excluding hydrogens is 396 g/mol. The molecule has 158 valence electrons. The molecule has 1 heterocycles. The minimum absolute atomic E-state index is 0.000510. The van der Waals surface area contributed by atoms with Crippen LogP contribution in [0.3, 0.4) is 0 Å². The van der Waals surface area contributed by atoms with E-state index in [1.54, 1.807) is 56.8 Å². The van der Waals surface area contributed by atoms with E-state index in [1.165, 1.54) is 18.2 Å². The summed E-state index contributed by atoms with van der Waals surface area (Å²) in [7, 11) is -2.07. The number of ether oxygens (including phenoxy) is 1. The molecule has 0 saturated carbocycles. The highest BCUT2D eigenvalue weighted by Crippen LogP contribution is 2.16. The number of nitrogens with one attached hydrogen (secondary N) is 3. The summed E-state index contributed by atoms with van der Waals surface area (Å²) in [4.78, 5) is 23.9. The predicted molar refractivity (Wildman–Crippen MR) is 109 cm³/mol. The third-order valence-corrected chi connectivity index (χ3v) is 5.12. The molecule has 2 aromatic rings. The second-order valence-corrected chi connectivity index (χ2v) is 9.08. The van der Waals surface area contributed by atoms with Gasteiger partial charge in [0.05, 0.1) is 4.90 Å². The summed E-state index contributed by atoms with van der Waals surface area (Å²) >= 11 is 0. The van der Waals surface area contributed by atoms with E-state index in [0.29, 0.717) is 11.4 Å². The molecule has 0 unspecified atom stereocenters. The van der Waals surface area contributed by atoms with E-state index in [2.05, 4.69) is 15.4 Å². The molecule has 0 spiro atoms. The fourth-order valence-corrected chi connectivity index (χ4v) is 3.46. The molecule has 0 atom stereocenters. The zero-order valence-corrected chi connectivity index (χ0v) is 17.7. The van der Waals surface area contributed by atoms with Gasteiger partial charge in [-0.2, -0.15) is 0 Å². The van der Waals surface area contributed by atoms with Crippen LogP contribution in [0.4, 0.5) is 10.5 Å². The first-order chi connectivity index (χ1) is 13.5. The average Bonchev–Trinajstić information content (AvgIpc) is 3.04. The molecule has 0 aliphatic carbocycles.